The molecule has 3 rings (SSSR count). The van der Waals surface area contributed by atoms with Crippen molar-refractivity contribution in [3.05, 3.63) is 29.7 Å². The SMILES string of the molecule is CC(=O)C1=CN(c2ncnc3[n-]ccc23)CCS1. The molecule has 18 heavy (non-hydrogen) atoms. The van der Waals surface area contributed by atoms with Crippen LogP contribution in [-0.4, -0.2) is 28.0 Å². The topological polar surface area (TPSA) is 60.2 Å². The van der Waals surface area contributed by atoms with Crippen LogP contribution in [0, 0.1) is 0 Å². The summed E-state index contributed by atoms with van der Waals surface area (Å²) in [5, 5.41) is 0.920. The monoisotopic (exact) mass is 259 g/mol. The number of carbonyl (C=O) groups excluding carboxylic acids is 1. The molecule has 1 aliphatic rings. The maximum atomic E-state index is 11.4. The van der Waals surface area contributed by atoms with Crippen molar-refractivity contribution in [3.8, 4) is 0 Å². The molecule has 0 amide bonds. The van der Waals surface area contributed by atoms with Crippen LogP contribution >= 0.6 is 11.8 Å². The van der Waals surface area contributed by atoms with Crippen molar-refractivity contribution in [2.45, 2.75) is 6.92 Å². The lowest BCUT2D eigenvalue weighted by Gasteiger charge is -2.25. The smallest absolute Gasteiger partial charge is 0.167 e. The highest BCUT2D eigenvalue weighted by Gasteiger charge is 2.17. The van der Waals surface area contributed by atoms with Gasteiger partial charge in [0.1, 0.15) is 5.82 Å². The average Bonchev–Trinajstić information content (AvgIpc) is 2.87. The minimum atomic E-state index is 0.0932. The number of aromatic nitrogens is 3. The zero-order chi connectivity index (χ0) is 12.5. The summed E-state index contributed by atoms with van der Waals surface area (Å²) in [6.45, 7) is 2.42. The molecule has 0 bridgehead atoms. The third kappa shape index (κ3) is 1.88. The Morgan fingerprint density at radius 1 is 1.50 bits per heavy atom. The number of hydrogen-bond donors (Lipinski definition) is 0. The molecule has 5 nitrogen and oxygen atoms in total. The van der Waals surface area contributed by atoms with Gasteiger partial charge in [0.15, 0.2) is 5.78 Å². The molecular formula is C12H11N4OS-. The first-order chi connectivity index (χ1) is 8.75. The minimum absolute atomic E-state index is 0.0932. The summed E-state index contributed by atoms with van der Waals surface area (Å²) in [7, 11) is 0. The zero-order valence-corrected chi connectivity index (χ0v) is 10.6. The quantitative estimate of drug-likeness (QED) is 0.816. The molecule has 0 atom stereocenters. The van der Waals surface area contributed by atoms with Crippen molar-refractivity contribution < 1.29 is 4.79 Å². The van der Waals surface area contributed by atoms with Crippen LogP contribution < -0.4 is 9.88 Å². The Labute approximate surface area is 108 Å². The molecule has 0 spiro atoms. The first kappa shape index (κ1) is 11.3. The van der Waals surface area contributed by atoms with E-state index in [9.17, 15) is 4.79 Å². The van der Waals surface area contributed by atoms with Crippen LogP contribution in [0.25, 0.3) is 11.0 Å². The number of Topliss-reactive ketones (excluding diaryl/α,β-unsaturated/α-hetero) is 1. The van der Waals surface area contributed by atoms with Gasteiger partial charge in [0.05, 0.1) is 4.91 Å². The van der Waals surface area contributed by atoms with E-state index in [0.717, 1.165) is 28.4 Å². The second-order valence-corrected chi connectivity index (χ2v) is 5.11. The largest absolute Gasteiger partial charge is 0.442 e. The molecule has 0 saturated heterocycles. The van der Waals surface area contributed by atoms with Gasteiger partial charge in [-0.1, -0.05) is 12.3 Å². The number of thioether (sulfide) groups is 1. The maximum Gasteiger partial charge on any atom is 0.167 e. The van der Waals surface area contributed by atoms with Crippen LogP contribution in [0.2, 0.25) is 0 Å². The van der Waals surface area contributed by atoms with Crippen LogP contribution in [0.15, 0.2) is 29.7 Å². The molecule has 2 aromatic heterocycles. The van der Waals surface area contributed by atoms with E-state index in [1.54, 1.807) is 24.9 Å². The van der Waals surface area contributed by atoms with Gasteiger partial charge < -0.3 is 14.9 Å². The molecule has 0 N–H and O–H groups in total. The van der Waals surface area contributed by atoms with Crippen molar-refractivity contribution in [3.63, 3.8) is 0 Å². The average molecular weight is 259 g/mol. The highest BCUT2D eigenvalue weighted by Crippen LogP contribution is 2.28. The Kier molecular flexibility index (Phi) is 2.79. The normalized spacial score (nSPS) is 15.8. The summed E-state index contributed by atoms with van der Waals surface area (Å²) in [5.74, 6) is 1.79. The molecule has 0 fully saturated rings. The fourth-order valence-electron chi connectivity index (χ4n) is 1.90. The summed E-state index contributed by atoms with van der Waals surface area (Å²) >= 11 is 1.59. The van der Waals surface area contributed by atoms with Gasteiger partial charge in [0.2, 0.25) is 0 Å². The molecule has 0 radical (unpaired) electrons. The lowest BCUT2D eigenvalue weighted by molar-refractivity contribution is -0.112. The number of allylic oxidation sites excluding steroid dienone is 1. The Morgan fingerprint density at radius 3 is 3.22 bits per heavy atom. The number of carbonyl (C=O) groups is 1. The lowest BCUT2D eigenvalue weighted by atomic mass is 10.3. The number of rotatable bonds is 2. The van der Waals surface area contributed by atoms with E-state index >= 15 is 0 Å². The molecule has 0 saturated carbocycles. The fraction of sp³-hybridized carbons (Fsp3) is 0.250. The van der Waals surface area contributed by atoms with Crippen LogP contribution in [0.5, 0.6) is 0 Å². The molecule has 2 aromatic rings. The van der Waals surface area contributed by atoms with Gasteiger partial charge in [0.25, 0.3) is 0 Å². The molecule has 3 heterocycles. The van der Waals surface area contributed by atoms with Crippen LogP contribution in [0.3, 0.4) is 0 Å². The molecule has 0 unspecified atom stereocenters. The highest BCUT2D eigenvalue weighted by atomic mass is 32.2. The fourth-order valence-corrected chi connectivity index (χ4v) is 2.81. The minimum Gasteiger partial charge on any atom is -0.442 e. The Balaban J connectivity index is 2.06. The third-order valence-electron chi connectivity index (χ3n) is 2.76. The van der Waals surface area contributed by atoms with Gasteiger partial charge in [-0.25, -0.2) is 4.98 Å². The van der Waals surface area contributed by atoms with Crippen molar-refractivity contribution in [1.82, 2.24) is 15.0 Å². The number of fused-ring (bicyclic) bond motifs is 1. The molecule has 1 aliphatic heterocycles. The lowest BCUT2D eigenvalue weighted by Crippen LogP contribution is -2.25. The second-order valence-electron chi connectivity index (χ2n) is 3.97. The van der Waals surface area contributed by atoms with E-state index in [0.29, 0.717) is 5.65 Å². The predicted molar refractivity (Wildman–Crippen MR) is 71.4 cm³/mol. The van der Waals surface area contributed by atoms with Crippen molar-refractivity contribution in [2.75, 3.05) is 17.2 Å². The van der Waals surface area contributed by atoms with Gasteiger partial charge in [-0.15, -0.1) is 11.8 Å². The first-order valence-corrected chi connectivity index (χ1v) is 6.59. The van der Waals surface area contributed by atoms with Gasteiger partial charge in [-0.2, -0.15) is 0 Å². The summed E-state index contributed by atoms with van der Waals surface area (Å²) in [6.07, 6.45) is 5.09. The van der Waals surface area contributed by atoms with Crippen LogP contribution in [0.1, 0.15) is 6.92 Å². The van der Waals surface area contributed by atoms with E-state index in [-0.39, 0.29) is 5.78 Å². The summed E-state index contributed by atoms with van der Waals surface area (Å²) in [6, 6.07) is 1.90. The van der Waals surface area contributed by atoms with E-state index in [2.05, 4.69) is 15.0 Å². The van der Waals surface area contributed by atoms with Gasteiger partial charge in [0, 0.05) is 30.2 Å². The number of anilines is 1. The van der Waals surface area contributed by atoms with Crippen LogP contribution in [0.4, 0.5) is 5.82 Å². The summed E-state index contributed by atoms with van der Waals surface area (Å²) in [4.78, 5) is 26.8. The number of nitrogens with zero attached hydrogens (tertiary/aromatic N) is 4. The summed E-state index contributed by atoms with van der Waals surface area (Å²) < 4.78 is 0. The molecule has 0 aromatic carbocycles. The summed E-state index contributed by atoms with van der Waals surface area (Å²) in [5.41, 5.74) is 0.691. The molecule has 92 valence electrons. The highest BCUT2D eigenvalue weighted by molar-refractivity contribution is 8.04. The molecule has 6 heteroatoms. The van der Waals surface area contributed by atoms with Crippen molar-refractivity contribution in [2.24, 2.45) is 0 Å². The second kappa shape index (κ2) is 4.45. The van der Waals surface area contributed by atoms with E-state index in [1.807, 2.05) is 17.2 Å². The molecule has 0 aliphatic carbocycles. The van der Waals surface area contributed by atoms with E-state index in [4.69, 9.17) is 0 Å². The van der Waals surface area contributed by atoms with Gasteiger partial charge in [-0.05, 0) is 12.6 Å². The van der Waals surface area contributed by atoms with Crippen molar-refractivity contribution >= 4 is 34.4 Å². The standard InChI is InChI=1S/C12H11N4OS/c1-8(17)10-6-16(4-5-18-10)12-9-2-3-13-11(9)14-7-15-12/h2-3,6-7H,4-5H2,1H3/q-1. The Morgan fingerprint density at radius 2 is 2.39 bits per heavy atom. The first-order valence-electron chi connectivity index (χ1n) is 5.60. The van der Waals surface area contributed by atoms with Gasteiger partial charge in [-0.3, -0.25) is 4.79 Å². The zero-order valence-electron chi connectivity index (χ0n) is 9.83. The Bertz CT molecular complexity index is 634. The van der Waals surface area contributed by atoms with Crippen molar-refractivity contribution in [1.29, 1.82) is 0 Å². The molecular weight excluding hydrogens is 248 g/mol. The third-order valence-corrected chi connectivity index (χ3v) is 3.85. The van der Waals surface area contributed by atoms with Crippen LogP contribution in [-0.2, 0) is 4.79 Å². The number of ketones is 1. The van der Waals surface area contributed by atoms with Gasteiger partial charge >= 0.3 is 0 Å². The Hall–Kier alpha value is -1.82. The van der Waals surface area contributed by atoms with E-state index in [1.165, 1.54) is 6.33 Å². The predicted octanol–water partition coefficient (Wildman–Crippen LogP) is 1.57. The maximum absolute atomic E-state index is 11.4. The number of hydrogen-bond acceptors (Lipinski definition) is 5. The van der Waals surface area contributed by atoms with E-state index < -0.39 is 0 Å².